The van der Waals surface area contributed by atoms with Crippen LogP contribution in [0.4, 0.5) is 0 Å². The fourth-order valence-corrected chi connectivity index (χ4v) is 3.35. The molecular formula is C12H18BrNOS. The minimum absolute atomic E-state index is 0.0534. The molecular weight excluding hydrogens is 286 g/mol. The van der Waals surface area contributed by atoms with E-state index in [1.807, 2.05) is 32.0 Å². The lowest BCUT2D eigenvalue weighted by Gasteiger charge is -2.24. The molecule has 2 nitrogen and oxygen atoms in total. The van der Waals surface area contributed by atoms with Gasteiger partial charge in [-0.15, -0.1) is 11.8 Å². The van der Waals surface area contributed by atoms with E-state index >= 15 is 0 Å². The molecule has 1 rings (SSSR count). The predicted molar refractivity (Wildman–Crippen MR) is 74.7 cm³/mol. The summed E-state index contributed by atoms with van der Waals surface area (Å²) in [5.41, 5.74) is 7.21. The van der Waals surface area contributed by atoms with E-state index in [0.29, 0.717) is 0 Å². The first-order chi connectivity index (χ1) is 7.56. The van der Waals surface area contributed by atoms with Crippen LogP contribution in [-0.2, 0) is 0 Å². The first-order valence-corrected chi connectivity index (χ1v) is 7.06. The van der Waals surface area contributed by atoms with Crippen LogP contribution in [0, 0.1) is 0 Å². The van der Waals surface area contributed by atoms with E-state index in [4.69, 9.17) is 10.8 Å². The van der Waals surface area contributed by atoms with Gasteiger partial charge in [0.15, 0.2) is 0 Å². The molecule has 0 aromatic heterocycles. The van der Waals surface area contributed by atoms with E-state index in [1.54, 1.807) is 11.8 Å². The van der Waals surface area contributed by atoms with E-state index in [1.165, 1.54) is 5.56 Å². The maximum absolute atomic E-state index is 9.11. The number of halogens is 1. The van der Waals surface area contributed by atoms with Gasteiger partial charge in [-0.1, -0.05) is 41.1 Å². The van der Waals surface area contributed by atoms with Crippen molar-refractivity contribution in [2.75, 3.05) is 6.61 Å². The number of nitrogens with two attached hydrogens (primary N) is 1. The Hall–Kier alpha value is -0.0300. The number of benzene rings is 1. The Morgan fingerprint density at radius 3 is 2.50 bits per heavy atom. The van der Waals surface area contributed by atoms with Gasteiger partial charge in [-0.05, 0) is 18.6 Å². The summed E-state index contributed by atoms with van der Waals surface area (Å²) >= 11 is 5.26. The van der Waals surface area contributed by atoms with Gasteiger partial charge in [-0.25, -0.2) is 0 Å². The van der Waals surface area contributed by atoms with Gasteiger partial charge >= 0.3 is 0 Å². The van der Waals surface area contributed by atoms with E-state index in [0.717, 1.165) is 4.47 Å². The van der Waals surface area contributed by atoms with Crippen LogP contribution in [0.1, 0.15) is 24.7 Å². The van der Waals surface area contributed by atoms with Crippen LogP contribution in [-0.4, -0.2) is 23.0 Å². The lowest BCUT2D eigenvalue weighted by molar-refractivity contribution is 0.299. The zero-order chi connectivity index (χ0) is 12.1. The third kappa shape index (κ3) is 3.77. The number of thioether (sulfide) groups is 1. The molecule has 0 aliphatic carbocycles. The molecule has 1 aromatic carbocycles. The Kier molecular flexibility index (Phi) is 5.83. The monoisotopic (exact) mass is 303 g/mol. The standard InChI is InChI=1S/C12H18BrNOS/c1-8(7-15)16-12(9(2)14)10-5-3-4-6-11(10)13/h3-6,8-9,12,15H,7,14H2,1-2H3. The second-order valence-corrected chi connectivity index (χ2v) is 6.37. The highest BCUT2D eigenvalue weighted by atomic mass is 79.9. The minimum atomic E-state index is 0.0534. The van der Waals surface area contributed by atoms with Crippen molar-refractivity contribution in [2.24, 2.45) is 5.73 Å². The van der Waals surface area contributed by atoms with Crippen LogP contribution in [0.3, 0.4) is 0 Å². The highest BCUT2D eigenvalue weighted by molar-refractivity contribution is 9.10. The second-order valence-electron chi connectivity index (χ2n) is 3.93. The molecule has 0 saturated carbocycles. The van der Waals surface area contributed by atoms with Gasteiger partial charge in [-0.2, -0.15) is 0 Å². The third-order valence-corrected chi connectivity index (χ3v) is 4.64. The highest BCUT2D eigenvalue weighted by Gasteiger charge is 2.21. The van der Waals surface area contributed by atoms with Crippen molar-refractivity contribution in [1.82, 2.24) is 0 Å². The topological polar surface area (TPSA) is 46.2 Å². The maximum atomic E-state index is 9.11. The Balaban J connectivity index is 2.90. The first-order valence-electron chi connectivity index (χ1n) is 5.32. The van der Waals surface area contributed by atoms with Gasteiger partial charge in [0, 0.05) is 21.0 Å². The second kappa shape index (κ2) is 6.64. The molecule has 0 amide bonds. The van der Waals surface area contributed by atoms with Crippen molar-refractivity contribution in [3.63, 3.8) is 0 Å². The van der Waals surface area contributed by atoms with E-state index in [2.05, 4.69) is 22.0 Å². The molecule has 16 heavy (non-hydrogen) atoms. The molecule has 0 bridgehead atoms. The van der Waals surface area contributed by atoms with Gasteiger partial charge in [0.2, 0.25) is 0 Å². The van der Waals surface area contributed by atoms with Crippen LogP contribution in [0.25, 0.3) is 0 Å². The van der Waals surface area contributed by atoms with E-state index in [-0.39, 0.29) is 23.1 Å². The Bertz CT molecular complexity index is 333. The van der Waals surface area contributed by atoms with Crippen molar-refractivity contribution in [3.05, 3.63) is 34.3 Å². The summed E-state index contributed by atoms with van der Waals surface area (Å²) in [6.07, 6.45) is 0. The number of hydrogen-bond acceptors (Lipinski definition) is 3. The summed E-state index contributed by atoms with van der Waals surface area (Å²) < 4.78 is 1.08. The van der Waals surface area contributed by atoms with Crippen molar-refractivity contribution in [1.29, 1.82) is 0 Å². The molecule has 0 radical (unpaired) electrons. The number of aliphatic hydroxyl groups is 1. The van der Waals surface area contributed by atoms with Gasteiger partial charge < -0.3 is 10.8 Å². The summed E-state index contributed by atoms with van der Waals surface area (Å²) in [4.78, 5) is 0. The molecule has 0 aliphatic rings. The van der Waals surface area contributed by atoms with Crippen LogP contribution in [0.5, 0.6) is 0 Å². The van der Waals surface area contributed by atoms with Crippen LogP contribution in [0.15, 0.2) is 28.7 Å². The van der Waals surface area contributed by atoms with Crippen LogP contribution < -0.4 is 5.73 Å². The van der Waals surface area contributed by atoms with Gasteiger partial charge in [0.1, 0.15) is 0 Å². The van der Waals surface area contributed by atoms with Gasteiger partial charge in [0.05, 0.1) is 6.61 Å². The van der Waals surface area contributed by atoms with Crippen LogP contribution >= 0.6 is 27.7 Å². The van der Waals surface area contributed by atoms with Crippen molar-refractivity contribution < 1.29 is 5.11 Å². The number of aliphatic hydroxyl groups excluding tert-OH is 1. The highest BCUT2D eigenvalue weighted by Crippen LogP contribution is 2.37. The van der Waals surface area contributed by atoms with Crippen molar-refractivity contribution in [3.8, 4) is 0 Å². The molecule has 3 atom stereocenters. The van der Waals surface area contributed by atoms with E-state index in [9.17, 15) is 0 Å². The smallest absolute Gasteiger partial charge is 0.0547 e. The Morgan fingerprint density at radius 2 is 2.00 bits per heavy atom. The zero-order valence-corrected chi connectivity index (χ0v) is 12.0. The largest absolute Gasteiger partial charge is 0.395 e. The molecule has 0 saturated heterocycles. The molecule has 3 N–H and O–H groups in total. The molecule has 0 heterocycles. The molecule has 4 heteroatoms. The predicted octanol–water partition coefficient (Wildman–Crippen LogP) is 2.95. The third-order valence-electron chi connectivity index (χ3n) is 2.33. The average molecular weight is 304 g/mol. The normalized spacial score (nSPS) is 16.8. The van der Waals surface area contributed by atoms with Gasteiger partial charge in [0.25, 0.3) is 0 Å². The summed E-state index contributed by atoms with van der Waals surface area (Å²) in [6, 6.07) is 8.16. The fraction of sp³-hybridized carbons (Fsp3) is 0.500. The average Bonchev–Trinajstić information content (AvgIpc) is 2.26. The minimum Gasteiger partial charge on any atom is -0.395 e. The Labute approximate surface area is 110 Å². The lowest BCUT2D eigenvalue weighted by atomic mass is 10.1. The van der Waals surface area contributed by atoms with Crippen molar-refractivity contribution in [2.45, 2.75) is 30.4 Å². The quantitative estimate of drug-likeness (QED) is 0.879. The SMILES string of the molecule is CC(CO)SC(c1ccccc1Br)C(C)N. The summed E-state index contributed by atoms with van der Waals surface area (Å²) in [6.45, 7) is 4.19. The summed E-state index contributed by atoms with van der Waals surface area (Å²) in [7, 11) is 0. The van der Waals surface area contributed by atoms with Crippen molar-refractivity contribution >= 4 is 27.7 Å². The molecule has 1 aromatic rings. The van der Waals surface area contributed by atoms with E-state index < -0.39 is 0 Å². The molecule has 0 fully saturated rings. The van der Waals surface area contributed by atoms with Crippen LogP contribution in [0.2, 0.25) is 0 Å². The maximum Gasteiger partial charge on any atom is 0.0547 e. The molecule has 0 spiro atoms. The summed E-state index contributed by atoms with van der Waals surface area (Å²) in [5.74, 6) is 0. The molecule has 90 valence electrons. The zero-order valence-electron chi connectivity index (χ0n) is 9.56. The summed E-state index contributed by atoms with van der Waals surface area (Å²) in [5, 5.41) is 9.51. The lowest BCUT2D eigenvalue weighted by Crippen LogP contribution is -2.25. The number of rotatable bonds is 5. The van der Waals surface area contributed by atoms with Gasteiger partial charge in [-0.3, -0.25) is 0 Å². The Morgan fingerprint density at radius 1 is 1.38 bits per heavy atom. The fourth-order valence-electron chi connectivity index (χ4n) is 1.48. The molecule has 3 unspecified atom stereocenters. The number of hydrogen-bond donors (Lipinski definition) is 2. The molecule has 0 aliphatic heterocycles. The first kappa shape index (κ1) is 14.0.